The molecule has 0 N–H and O–H groups in total. The lowest BCUT2D eigenvalue weighted by molar-refractivity contribution is 0.285. The molecule has 17 heavy (non-hydrogen) atoms. The molecule has 0 radical (unpaired) electrons. The number of aromatic nitrogens is 1. The summed E-state index contributed by atoms with van der Waals surface area (Å²) in [4.78, 5) is 3.51. The SMILES string of the molecule is COc1cccc(COc2cccnc2F)c1. The van der Waals surface area contributed by atoms with Gasteiger partial charge in [-0.05, 0) is 29.8 Å². The lowest BCUT2D eigenvalue weighted by Gasteiger charge is -2.07. The van der Waals surface area contributed by atoms with Crippen LogP contribution in [-0.4, -0.2) is 12.1 Å². The van der Waals surface area contributed by atoms with Gasteiger partial charge in [0.2, 0.25) is 0 Å². The van der Waals surface area contributed by atoms with Gasteiger partial charge < -0.3 is 9.47 Å². The van der Waals surface area contributed by atoms with Crippen LogP contribution in [0.15, 0.2) is 42.6 Å². The Labute approximate surface area is 98.8 Å². The van der Waals surface area contributed by atoms with Crippen molar-refractivity contribution in [3.05, 3.63) is 54.1 Å². The fraction of sp³-hybridized carbons (Fsp3) is 0.154. The van der Waals surface area contributed by atoms with E-state index in [4.69, 9.17) is 9.47 Å². The van der Waals surface area contributed by atoms with Gasteiger partial charge in [-0.1, -0.05) is 12.1 Å². The van der Waals surface area contributed by atoms with Gasteiger partial charge in [0.25, 0.3) is 5.95 Å². The molecule has 0 unspecified atom stereocenters. The third-order valence-corrected chi connectivity index (χ3v) is 2.25. The molecule has 0 spiro atoms. The zero-order valence-electron chi connectivity index (χ0n) is 9.39. The molecule has 0 saturated heterocycles. The summed E-state index contributed by atoms with van der Waals surface area (Å²) >= 11 is 0. The molecule has 0 aliphatic heterocycles. The van der Waals surface area contributed by atoms with Crippen molar-refractivity contribution in [1.29, 1.82) is 0 Å². The largest absolute Gasteiger partial charge is 0.497 e. The topological polar surface area (TPSA) is 31.4 Å². The minimum absolute atomic E-state index is 0.148. The monoisotopic (exact) mass is 233 g/mol. The average Bonchev–Trinajstić information content (AvgIpc) is 2.38. The summed E-state index contributed by atoms with van der Waals surface area (Å²) in [5.41, 5.74) is 0.910. The van der Waals surface area contributed by atoms with Gasteiger partial charge in [0.05, 0.1) is 7.11 Å². The van der Waals surface area contributed by atoms with E-state index in [1.165, 1.54) is 6.20 Å². The summed E-state index contributed by atoms with van der Waals surface area (Å²) in [6.45, 7) is 0.278. The first kappa shape index (κ1) is 11.4. The van der Waals surface area contributed by atoms with E-state index in [0.29, 0.717) is 0 Å². The zero-order valence-corrected chi connectivity index (χ0v) is 9.39. The van der Waals surface area contributed by atoms with Crippen molar-refractivity contribution in [2.45, 2.75) is 6.61 Å². The van der Waals surface area contributed by atoms with Crippen LogP contribution in [-0.2, 0) is 6.61 Å². The fourth-order valence-corrected chi connectivity index (χ4v) is 1.40. The zero-order chi connectivity index (χ0) is 12.1. The van der Waals surface area contributed by atoms with Crippen LogP contribution in [0.3, 0.4) is 0 Å². The molecule has 0 saturated carbocycles. The van der Waals surface area contributed by atoms with E-state index >= 15 is 0 Å². The number of ether oxygens (including phenoxy) is 2. The van der Waals surface area contributed by atoms with Crippen LogP contribution in [0, 0.1) is 5.95 Å². The Hall–Kier alpha value is -2.10. The Balaban J connectivity index is 2.05. The maximum Gasteiger partial charge on any atom is 0.255 e. The summed E-state index contributed by atoms with van der Waals surface area (Å²) in [5.74, 6) is 0.295. The van der Waals surface area contributed by atoms with Gasteiger partial charge in [0.1, 0.15) is 12.4 Å². The number of rotatable bonds is 4. The molecule has 4 heteroatoms. The molecular formula is C13H12FNO2. The van der Waals surface area contributed by atoms with E-state index in [2.05, 4.69) is 4.98 Å². The summed E-state index contributed by atoms with van der Waals surface area (Å²) in [6.07, 6.45) is 1.38. The maximum atomic E-state index is 13.2. The molecule has 88 valence electrons. The molecule has 0 atom stereocenters. The number of pyridine rings is 1. The lowest BCUT2D eigenvalue weighted by atomic mass is 10.2. The van der Waals surface area contributed by atoms with Crippen LogP contribution in [0.25, 0.3) is 0 Å². The van der Waals surface area contributed by atoms with E-state index in [1.807, 2.05) is 24.3 Å². The average molecular weight is 233 g/mol. The van der Waals surface area contributed by atoms with Crippen molar-refractivity contribution < 1.29 is 13.9 Å². The van der Waals surface area contributed by atoms with Crippen molar-refractivity contribution in [2.24, 2.45) is 0 Å². The van der Waals surface area contributed by atoms with Gasteiger partial charge in [0, 0.05) is 6.20 Å². The summed E-state index contributed by atoms with van der Waals surface area (Å²) in [5, 5.41) is 0. The maximum absolute atomic E-state index is 13.2. The predicted octanol–water partition coefficient (Wildman–Crippen LogP) is 2.81. The molecule has 2 rings (SSSR count). The second kappa shape index (κ2) is 5.30. The van der Waals surface area contributed by atoms with Crippen LogP contribution in [0.5, 0.6) is 11.5 Å². The summed E-state index contributed by atoms with van der Waals surface area (Å²) < 4.78 is 23.6. The highest BCUT2D eigenvalue weighted by atomic mass is 19.1. The highest BCUT2D eigenvalue weighted by Gasteiger charge is 2.03. The first-order chi connectivity index (χ1) is 8.29. The van der Waals surface area contributed by atoms with Gasteiger partial charge in [-0.25, -0.2) is 4.98 Å². The molecule has 0 fully saturated rings. The Morgan fingerprint density at radius 1 is 1.24 bits per heavy atom. The predicted molar refractivity (Wildman–Crippen MR) is 61.5 cm³/mol. The van der Waals surface area contributed by atoms with Gasteiger partial charge in [-0.2, -0.15) is 4.39 Å². The number of nitrogens with zero attached hydrogens (tertiary/aromatic N) is 1. The van der Waals surface area contributed by atoms with Gasteiger partial charge in [0.15, 0.2) is 5.75 Å². The van der Waals surface area contributed by atoms with Crippen LogP contribution >= 0.6 is 0 Å². The minimum Gasteiger partial charge on any atom is -0.497 e. The van der Waals surface area contributed by atoms with E-state index in [9.17, 15) is 4.39 Å². The van der Waals surface area contributed by atoms with E-state index in [-0.39, 0.29) is 12.4 Å². The summed E-state index contributed by atoms with van der Waals surface area (Å²) in [7, 11) is 1.60. The second-order valence-corrected chi connectivity index (χ2v) is 3.43. The van der Waals surface area contributed by atoms with Gasteiger partial charge in [-0.15, -0.1) is 0 Å². The van der Waals surface area contributed by atoms with Crippen molar-refractivity contribution >= 4 is 0 Å². The number of hydrogen-bond acceptors (Lipinski definition) is 3. The van der Waals surface area contributed by atoms with Crippen molar-refractivity contribution in [3.63, 3.8) is 0 Å². The van der Waals surface area contributed by atoms with Crippen molar-refractivity contribution in [1.82, 2.24) is 4.98 Å². The molecule has 1 heterocycles. The Bertz CT molecular complexity index is 502. The Morgan fingerprint density at radius 2 is 2.12 bits per heavy atom. The summed E-state index contributed by atoms with van der Waals surface area (Å²) in [6, 6.07) is 10.6. The normalized spacial score (nSPS) is 10.0. The van der Waals surface area contributed by atoms with Crippen LogP contribution < -0.4 is 9.47 Å². The standard InChI is InChI=1S/C13H12FNO2/c1-16-11-5-2-4-10(8-11)9-17-12-6-3-7-15-13(12)14/h2-8H,9H2,1H3. The molecule has 1 aromatic heterocycles. The second-order valence-electron chi connectivity index (χ2n) is 3.43. The third-order valence-electron chi connectivity index (χ3n) is 2.25. The Kier molecular flexibility index (Phi) is 3.55. The molecule has 0 bridgehead atoms. The van der Waals surface area contributed by atoms with Crippen molar-refractivity contribution in [2.75, 3.05) is 7.11 Å². The molecule has 2 aromatic rings. The van der Waals surface area contributed by atoms with E-state index < -0.39 is 5.95 Å². The minimum atomic E-state index is -0.601. The van der Waals surface area contributed by atoms with Crippen molar-refractivity contribution in [3.8, 4) is 11.5 Å². The molecule has 0 aliphatic carbocycles. The molecular weight excluding hydrogens is 221 g/mol. The third kappa shape index (κ3) is 2.93. The molecule has 0 aliphatic rings. The van der Waals surface area contributed by atoms with Gasteiger partial charge >= 0.3 is 0 Å². The van der Waals surface area contributed by atoms with E-state index in [1.54, 1.807) is 19.2 Å². The van der Waals surface area contributed by atoms with Crippen LogP contribution in [0.4, 0.5) is 4.39 Å². The molecule has 0 amide bonds. The fourth-order valence-electron chi connectivity index (χ4n) is 1.40. The first-order valence-electron chi connectivity index (χ1n) is 5.16. The molecule has 3 nitrogen and oxygen atoms in total. The quantitative estimate of drug-likeness (QED) is 0.761. The van der Waals surface area contributed by atoms with Gasteiger partial charge in [-0.3, -0.25) is 0 Å². The van der Waals surface area contributed by atoms with Crippen LogP contribution in [0.2, 0.25) is 0 Å². The smallest absolute Gasteiger partial charge is 0.255 e. The first-order valence-corrected chi connectivity index (χ1v) is 5.16. The highest BCUT2D eigenvalue weighted by molar-refractivity contribution is 5.28. The highest BCUT2D eigenvalue weighted by Crippen LogP contribution is 2.17. The van der Waals surface area contributed by atoms with Crippen LogP contribution in [0.1, 0.15) is 5.56 Å². The lowest BCUT2D eigenvalue weighted by Crippen LogP contribution is -1.98. The number of hydrogen-bond donors (Lipinski definition) is 0. The number of methoxy groups -OCH3 is 1. The Morgan fingerprint density at radius 3 is 2.88 bits per heavy atom. The number of halogens is 1. The number of benzene rings is 1. The van der Waals surface area contributed by atoms with E-state index in [0.717, 1.165) is 11.3 Å². The molecule has 1 aromatic carbocycles.